The Morgan fingerprint density at radius 3 is 2.39 bits per heavy atom. The van der Waals surface area contributed by atoms with Gasteiger partial charge in [-0.05, 0) is 36.6 Å². The number of esters is 1. The van der Waals surface area contributed by atoms with Gasteiger partial charge in [0.05, 0.1) is 17.6 Å². The summed E-state index contributed by atoms with van der Waals surface area (Å²) in [6, 6.07) is 2.68. The molecule has 0 aliphatic rings. The van der Waals surface area contributed by atoms with Crippen molar-refractivity contribution in [3.63, 3.8) is 0 Å². The van der Waals surface area contributed by atoms with Gasteiger partial charge >= 0.3 is 11.9 Å². The Balaban J connectivity index is 3.16. The molecule has 128 valence electrons. The van der Waals surface area contributed by atoms with Crippen LogP contribution in [0.4, 0.5) is 0 Å². The molecular weight excluding hydrogens is 322 g/mol. The SMILES string of the molecule is CC[C@H](C)[C@H](NS(=O)(=O)c1ccc(C(=O)OC)c(C)c1)C(=O)O. The van der Waals surface area contributed by atoms with E-state index in [4.69, 9.17) is 0 Å². The first-order chi connectivity index (χ1) is 10.6. The van der Waals surface area contributed by atoms with Crippen molar-refractivity contribution in [2.75, 3.05) is 7.11 Å². The van der Waals surface area contributed by atoms with E-state index in [1.807, 2.05) is 0 Å². The van der Waals surface area contributed by atoms with Crippen molar-refractivity contribution in [3.8, 4) is 0 Å². The van der Waals surface area contributed by atoms with Crippen LogP contribution in [0.1, 0.15) is 36.2 Å². The van der Waals surface area contributed by atoms with Crippen LogP contribution in [0.3, 0.4) is 0 Å². The summed E-state index contributed by atoms with van der Waals surface area (Å²) in [5.41, 5.74) is 0.679. The topological polar surface area (TPSA) is 110 Å². The predicted molar refractivity (Wildman–Crippen MR) is 83.7 cm³/mol. The van der Waals surface area contributed by atoms with Crippen molar-refractivity contribution < 1.29 is 27.9 Å². The largest absolute Gasteiger partial charge is 0.480 e. The molecule has 2 atom stereocenters. The third-order valence-electron chi connectivity index (χ3n) is 3.67. The molecule has 0 saturated carbocycles. The third kappa shape index (κ3) is 4.52. The summed E-state index contributed by atoms with van der Waals surface area (Å²) in [6.45, 7) is 5.02. The first-order valence-corrected chi connectivity index (χ1v) is 8.56. The molecule has 0 aromatic heterocycles. The zero-order valence-electron chi connectivity index (χ0n) is 13.5. The number of sulfonamides is 1. The molecule has 1 aromatic carbocycles. The Hall–Kier alpha value is -1.93. The van der Waals surface area contributed by atoms with E-state index in [0.29, 0.717) is 12.0 Å². The van der Waals surface area contributed by atoms with Crippen LogP contribution in [-0.4, -0.2) is 38.6 Å². The maximum Gasteiger partial charge on any atom is 0.338 e. The standard InChI is InChI=1S/C15H21NO6S/c1-5-9(2)13(14(17)18)16-23(20,21)11-6-7-12(10(3)8-11)15(19)22-4/h6-9,13,16H,5H2,1-4H3,(H,17,18)/t9-,13-/m0/s1. The van der Waals surface area contributed by atoms with E-state index >= 15 is 0 Å². The number of carboxylic acids is 1. The highest BCUT2D eigenvalue weighted by molar-refractivity contribution is 7.89. The third-order valence-corrected chi connectivity index (χ3v) is 5.11. The first-order valence-electron chi connectivity index (χ1n) is 7.08. The minimum atomic E-state index is -4.01. The smallest absolute Gasteiger partial charge is 0.338 e. The van der Waals surface area contributed by atoms with Gasteiger partial charge in [-0.2, -0.15) is 4.72 Å². The van der Waals surface area contributed by atoms with Crippen molar-refractivity contribution in [3.05, 3.63) is 29.3 Å². The van der Waals surface area contributed by atoms with Gasteiger partial charge in [-0.15, -0.1) is 0 Å². The maximum absolute atomic E-state index is 12.4. The Bertz CT molecular complexity index is 698. The second-order valence-electron chi connectivity index (χ2n) is 5.29. The van der Waals surface area contributed by atoms with Gasteiger partial charge in [0.1, 0.15) is 6.04 Å². The average Bonchev–Trinajstić information content (AvgIpc) is 2.50. The number of hydrogen-bond donors (Lipinski definition) is 2. The lowest BCUT2D eigenvalue weighted by molar-refractivity contribution is -0.140. The molecule has 0 saturated heterocycles. The van der Waals surface area contributed by atoms with Crippen LogP contribution in [0, 0.1) is 12.8 Å². The maximum atomic E-state index is 12.4. The second kappa shape index (κ2) is 7.56. The molecule has 0 unspecified atom stereocenters. The van der Waals surface area contributed by atoms with E-state index < -0.39 is 28.0 Å². The average molecular weight is 343 g/mol. The number of rotatable bonds is 7. The molecule has 0 aliphatic carbocycles. The lowest BCUT2D eigenvalue weighted by Gasteiger charge is -2.20. The number of hydrogen-bond acceptors (Lipinski definition) is 5. The number of methoxy groups -OCH3 is 1. The quantitative estimate of drug-likeness (QED) is 0.727. The van der Waals surface area contributed by atoms with E-state index in [-0.39, 0.29) is 16.4 Å². The Morgan fingerprint density at radius 2 is 1.96 bits per heavy atom. The number of aliphatic carboxylic acids is 1. The lowest BCUT2D eigenvalue weighted by atomic mass is 10.0. The molecule has 1 rings (SSSR count). The number of carboxylic acid groups (broad SMARTS) is 1. The number of carbonyl (C=O) groups excluding carboxylic acids is 1. The second-order valence-corrected chi connectivity index (χ2v) is 7.01. The van der Waals surface area contributed by atoms with Gasteiger partial charge in [0.15, 0.2) is 0 Å². The number of aryl methyl sites for hydroxylation is 1. The summed E-state index contributed by atoms with van der Waals surface area (Å²) in [6.07, 6.45) is 0.514. The van der Waals surface area contributed by atoms with Crippen molar-refractivity contribution >= 4 is 22.0 Å². The number of nitrogens with one attached hydrogen (secondary N) is 1. The molecule has 7 nitrogen and oxygen atoms in total. The molecule has 0 heterocycles. The van der Waals surface area contributed by atoms with Gasteiger partial charge in [-0.1, -0.05) is 20.3 Å². The fourth-order valence-corrected chi connectivity index (χ4v) is 3.41. The number of carbonyl (C=O) groups is 2. The number of ether oxygens (including phenoxy) is 1. The Labute approximate surface area is 135 Å². The molecule has 0 bridgehead atoms. The van der Waals surface area contributed by atoms with Crippen LogP contribution in [0.5, 0.6) is 0 Å². The summed E-state index contributed by atoms with van der Waals surface area (Å²) in [5.74, 6) is -2.16. The fourth-order valence-electron chi connectivity index (χ4n) is 2.02. The van der Waals surface area contributed by atoms with Crippen molar-refractivity contribution in [2.45, 2.75) is 38.1 Å². The van der Waals surface area contributed by atoms with Crippen molar-refractivity contribution in [1.29, 1.82) is 0 Å². The molecule has 23 heavy (non-hydrogen) atoms. The van der Waals surface area contributed by atoms with E-state index in [1.54, 1.807) is 20.8 Å². The molecular formula is C15H21NO6S. The minimum absolute atomic E-state index is 0.0998. The lowest BCUT2D eigenvalue weighted by Crippen LogP contribution is -2.44. The van der Waals surface area contributed by atoms with Crippen LogP contribution in [0.25, 0.3) is 0 Å². The summed E-state index contributed by atoms with van der Waals surface area (Å²) >= 11 is 0. The van der Waals surface area contributed by atoms with E-state index in [2.05, 4.69) is 9.46 Å². The van der Waals surface area contributed by atoms with Gasteiger partial charge < -0.3 is 9.84 Å². The van der Waals surface area contributed by atoms with E-state index in [0.717, 1.165) is 0 Å². The van der Waals surface area contributed by atoms with Crippen LogP contribution < -0.4 is 4.72 Å². The highest BCUT2D eigenvalue weighted by Crippen LogP contribution is 2.18. The van der Waals surface area contributed by atoms with Crippen LogP contribution in [0.15, 0.2) is 23.1 Å². The molecule has 8 heteroatoms. The van der Waals surface area contributed by atoms with Gasteiger partial charge in [0.25, 0.3) is 0 Å². The molecule has 0 spiro atoms. The van der Waals surface area contributed by atoms with Gasteiger partial charge in [0.2, 0.25) is 10.0 Å². The highest BCUT2D eigenvalue weighted by Gasteiger charge is 2.29. The summed E-state index contributed by atoms with van der Waals surface area (Å²) < 4.78 is 31.6. The van der Waals surface area contributed by atoms with Crippen molar-refractivity contribution in [1.82, 2.24) is 4.72 Å². The fraction of sp³-hybridized carbons (Fsp3) is 0.467. The predicted octanol–water partition coefficient (Wildman–Crippen LogP) is 1.56. The van der Waals surface area contributed by atoms with E-state index in [1.165, 1.54) is 25.3 Å². The minimum Gasteiger partial charge on any atom is -0.480 e. The molecule has 0 amide bonds. The summed E-state index contributed by atoms with van der Waals surface area (Å²) in [5, 5.41) is 9.20. The van der Waals surface area contributed by atoms with Gasteiger partial charge in [0, 0.05) is 0 Å². The summed E-state index contributed by atoms with van der Waals surface area (Å²) in [4.78, 5) is 22.7. The monoisotopic (exact) mass is 343 g/mol. The molecule has 1 aromatic rings. The van der Waals surface area contributed by atoms with Crippen LogP contribution in [0.2, 0.25) is 0 Å². The summed E-state index contributed by atoms with van der Waals surface area (Å²) in [7, 11) is -2.78. The zero-order valence-corrected chi connectivity index (χ0v) is 14.3. The van der Waals surface area contributed by atoms with Crippen LogP contribution in [-0.2, 0) is 19.6 Å². The normalized spacial score (nSPS) is 14.1. The van der Waals surface area contributed by atoms with Gasteiger partial charge in [-0.25, -0.2) is 13.2 Å². The molecule has 0 radical (unpaired) electrons. The van der Waals surface area contributed by atoms with Crippen molar-refractivity contribution in [2.24, 2.45) is 5.92 Å². The zero-order chi connectivity index (χ0) is 17.8. The highest BCUT2D eigenvalue weighted by atomic mass is 32.2. The number of benzene rings is 1. The molecule has 0 fully saturated rings. The van der Waals surface area contributed by atoms with Crippen LogP contribution >= 0.6 is 0 Å². The molecule has 2 N–H and O–H groups in total. The Kier molecular flexibility index (Phi) is 6.28. The molecule has 0 aliphatic heterocycles. The first kappa shape index (κ1) is 19.1. The van der Waals surface area contributed by atoms with E-state index in [9.17, 15) is 23.1 Å². The van der Waals surface area contributed by atoms with Gasteiger partial charge in [-0.3, -0.25) is 4.79 Å². The Morgan fingerprint density at radius 1 is 1.35 bits per heavy atom.